The lowest BCUT2D eigenvalue weighted by atomic mass is 9.68. The number of carboxylic acids is 1. The molecule has 5 heteroatoms. The average Bonchev–Trinajstić information content (AvgIpc) is 3.17. The molecule has 1 amide bonds. The van der Waals surface area contributed by atoms with E-state index in [0.29, 0.717) is 18.8 Å². The maximum absolute atomic E-state index is 12.8. The number of nitrogens with one attached hydrogen (secondary N) is 1. The first-order valence-electron chi connectivity index (χ1n) is 12.4. The Hall–Kier alpha value is -2.82. The Bertz CT molecular complexity index is 973. The van der Waals surface area contributed by atoms with Gasteiger partial charge < -0.3 is 15.2 Å². The first-order valence-corrected chi connectivity index (χ1v) is 12.4. The van der Waals surface area contributed by atoms with E-state index in [9.17, 15) is 14.7 Å². The molecule has 2 aromatic rings. The van der Waals surface area contributed by atoms with E-state index in [1.54, 1.807) is 0 Å². The molecule has 2 aromatic carbocycles. The summed E-state index contributed by atoms with van der Waals surface area (Å²) in [4.78, 5) is 25.0. The molecule has 2 fully saturated rings. The van der Waals surface area contributed by atoms with Crippen molar-refractivity contribution in [1.29, 1.82) is 0 Å². The third kappa shape index (κ3) is 4.25. The van der Waals surface area contributed by atoms with E-state index in [4.69, 9.17) is 4.74 Å². The van der Waals surface area contributed by atoms with Crippen LogP contribution in [0.4, 0.5) is 4.79 Å². The largest absolute Gasteiger partial charge is 0.480 e. The number of amides is 1. The summed E-state index contributed by atoms with van der Waals surface area (Å²) in [5.74, 6) is 0.325. The lowest BCUT2D eigenvalue weighted by Crippen LogP contribution is -2.57. The second-order valence-corrected chi connectivity index (χ2v) is 10.1. The van der Waals surface area contributed by atoms with Gasteiger partial charge in [0.1, 0.15) is 12.1 Å². The van der Waals surface area contributed by atoms with Crippen LogP contribution in [0, 0.1) is 11.8 Å². The SMILES string of the molecule is O=C(N[C@]1(C(=O)O)CC[C@H](C2CCCCC2)CC1)OCC1c2ccccc2-c2ccccc21. The monoisotopic (exact) mass is 447 g/mol. The van der Waals surface area contributed by atoms with E-state index in [1.165, 1.54) is 43.2 Å². The highest BCUT2D eigenvalue weighted by molar-refractivity contribution is 5.84. The third-order valence-electron chi connectivity index (χ3n) is 8.29. The van der Waals surface area contributed by atoms with E-state index >= 15 is 0 Å². The van der Waals surface area contributed by atoms with Crippen LogP contribution in [0.1, 0.15) is 74.8 Å². The van der Waals surface area contributed by atoms with Crippen molar-refractivity contribution >= 4 is 12.1 Å². The maximum Gasteiger partial charge on any atom is 0.408 e. The third-order valence-corrected chi connectivity index (χ3v) is 8.29. The van der Waals surface area contributed by atoms with Crippen LogP contribution in [0.5, 0.6) is 0 Å². The molecular formula is C28H33NO4. The van der Waals surface area contributed by atoms with Gasteiger partial charge in [-0.1, -0.05) is 80.6 Å². The van der Waals surface area contributed by atoms with Crippen molar-refractivity contribution in [2.45, 2.75) is 69.2 Å². The highest BCUT2D eigenvalue weighted by Gasteiger charge is 2.45. The van der Waals surface area contributed by atoms with Crippen molar-refractivity contribution in [3.8, 4) is 11.1 Å². The Morgan fingerprint density at radius 2 is 1.39 bits per heavy atom. The van der Waals surface area contributed by atoms with E-state index < -0.39 is 17.6 Å². The molecule has 0 radical (unpaired) electrons. The Kier molecular flexibility index (Phi) is 6.13. The molecule has 2 saturated carbocycles. The van der Waals surface area contributed by atoms with Gasteiger partial charge >= 0.3 is 12.1 Å². The Morgan fingerprint density at radius 1 is 0.848 bits per heavy atom. The number of carbonyl (C=O) groups is 2. The zero-order chi connectivity index (χ0) is 22.8. The number of ether oxygens (including phenoxy) is 1. The number of aliphatic carboxylic acids is 1. The standard InChI is InChI=1S/C28H33NO4/c30-26(31)28(16-14-20(15-17-28)19-8-2-1-3-9-19)29-27(32)33-18-25-23-12-6-4-10-21(23)22-11-5-7-13-24(22)25/h4-7,10-13,19-20,25H,1-3,8-9,14-18H2,(H,29,32)(H,30,31)/t20-,28+. The summed E-state index contributed by atoms with van der Waals surface area (Å²) < 4.78 is 5.65. The molecule has 0 aliphatic heterocycles. The predicted octanol–water partition coefficient (Wildman–Crippen LogP) is 6.12. The van der Waals surface area contributed by atoms with E-state index in [1.807, 2.05) is 24.3 Å². The summed E-state index contributed by atoms with van der Waals surface area (Å²) >= 11 is 0. The van der Waals surface area contributed by atoms with Gasteiger partial charge in [0, 0.05) is 5.92 Å². The molecule has 5 rings (SSSR count). The molecule has 2 N–H and O–H groups in total. The van der Waals surface area contributed by atoms with Crippen LogP contribution in [-0.2, 0) is 9.53 Å². The highest BCUT2D eigenvalue weighted by atomic mass is 16.5. The van der Waals surface area contributed by atoms with Gasteiger partial charge in [-0.3, -0.25) is 0 Å². The minimum absolute atomic E-state index is 0.0361. The van der Waals surface area contributed by atoms with Crippen molar-refractivity contribution in [1.82, 2.24) is 5.32 Å². The molecule has 3 aliphatic carbocycles. The summed E-state index contributed by atoms with van der Waals surface area (Å²) in [5, 5.41) is 12.8. The number of benzene rings is 2. The zero-order valence-electron chi connectivity index (χ0n) is 19.1. The fraction of sp³-hybridized carbons (Fsp3) is 0.500. The number of carboxylic acid groups (broad SMARTS) is 1. The summed E-state index contributed by atoms with van der Waals surface area (Å²) in [6.45, 7) is 0.195. The number of rotatable bonds is 5. The van der Waals surface area contributed by atoms with Gasteiger partial charge in [-0.15, -0.1) is 0 Å². The number of fused-ring (bicyclic) bond motifs is 3. The number of alkyl carbamates (subject to hydrolysis) is 1. The topological polar surface area (TPSA) is 75.6 Å². The molecule has 0 aromatic heterocycles. The van der Waals surface area contributed by atoms with Crippen molar-refractivity contribution in [3.63, 3.8) is 0 Å². The molecule has 0 saturated heterocycles. The molecule has 0 bridgehead atoms. The van der Waals surface area contributed by atoms with Crippen LogP contribution < -0.4 is 5.32 Å². The van der Waals surface area contributed by atoms with Gasteiger partial charge in [0.25, 0.3) is 0 Å². The first kappa shape index (κ1) is 22.0. The smallest absolute Gasteiger partial charge is 0.408 e. The van der Waals surface area contributed by atoms with Gasteiger partial charge in [-0.25, -0.2) is 9.59 Å². The molecule has 0 spiro atoms. The maximum atomic E-state index is 12.8. The summed E-state index contributed by atoms with van der Waals surface area (Å²) in [6.07, 6.45) is 8.51. The molecule has 0 unspecified atom stereocenters. The van der Waals surface area contributed by atoms with Crippen LogP contribution in [-0.4, -0.2) is 29.3 Å². The lowest BCUT2D eigenvalue weighted by Gasteiger charge is -2.40. The summed E-state index contributed by atoms with van der Waals surface area (Å²) in [6, 6.07) is 16.4. The van der Waals surface area contributed by atoms with Gasteiger partial charge in [-0.05, 0) is 59.8 Å². The van der Waals surface area contributed by atoms with E-state index in [0.717, 1.165) is 29.9 Å². The van der Waals surface area contributed by atoms with Crippen LogP contribution in [0.2, 0.25) is 0 Å². The van der Waals surface area contributed by atoms with Crippen LogP contribution >= 0.6 is 0 Å². The Labute approximate surface area is 195 Å². The lowest BCUT2D eigenvalue weighted by molar-refractivity contribution is -0.146. The van der Waals surface area contributed by atoms with Crippen LogP contribution in [0.15, 0.2) is 48.5 Å². The normalized spacial score (nSPS) is 25.2. The molecule has 33 heavy (non-hydrogen) atoms. The molecule has 174 valence electrons. The second kappa shape index (κ2) is 9.20. The molecule has 0 atom stereocenters. The second-order valence-electron chi connectivity index (χ2n) is 10.1. The Balaban J connectivity index is 1.23. The highest BCUT2D eigenvalue weighted by Crippen LogP contribution is 2.45. The summed E-state index contributed by atoms with van der Waals surface area (Å²) in [5.41, 5.74) is 3.42. The van der Waals surface area contributed by atoms with Gasteiger partial charge in [0.05, 0.1) is 0 Å². The zero-order valence-corrected chi connectivity index (χ0v) is 19.1. The minimum atomic E-state index is -1.21. The average molecular weight is 448 g/mol. The molecular weight excluding hydrogens is 414 g/mol. The fourth-order valence-electron chi connectivity index (χ4n) is 6.43. The first-order chi connectivity index (χ1) is 16.1. The van der Waals surface area contributed by atoms with Gasteiger partial charge in [0.2, 0.25) is 0 Å². The van der Waals surface area contributed by atoms with Gasteiger partial charge in [-0.2, -0.15) is 0 Å². The van der Waals surface area contributed by atoms with E-state index in [-0.39, 0.29) is 12.5 Å². The number of hydrogen-bond donors (Lipinski definition) is 2. The molecule has 5 nitrogen and oxygen atoms in total. The fourth-order valence-corrected chi connectivity index (χ4v) is 6.43. The van der Waals surface area contributed by atoms with E-state index in [2.05, 4.69) is 29.6 Å². The predicted molar refractivity (Wildman–Crippen MR) is 127 cm³/mol. The molecule has 0 heterocycles. The van der Waals surface area contributed by atoms with Gasteiger partial charge in [0.15, 0.2) is 0 Å². The van der Waals surface area contributed by atoms with Crippen molar-refractivity contribution in [2.24, 2.45) is 11.8 Å². The van der Waals surface area contributed by atoms with Crippen molar-refractivity contribution < 1.29 is 19.4 Å². The minimum Gasteiger partial charge on any atom is -0.480 e. The number of carbonyl (C=O) groups excluding carboxylic acids is 1. The van der Waals surface area contributed by atoms with Crippen LogP contribution in [0.3, 0.4) is 0 Å². The number of hydrogen-bond acceptors (Lipinski definition) is 3. The van der Waals surface area contributed by atoms with Crippen LogP contribution in [0.25, 0.3) is 11.1 Å². The quantitative estimate of drug-likeness (QED) is 0.579. The molecule has 3 aliphatic rings. The van der Waals surface area contributed by atoms with Crippen molar-refractivity contribution in [3.05, 3.63) is 59.7 Å². The summed E-state index contributed by atoms with van der Waals surface area (Å²) in [7, 11) is 0. The van der Waals surface area contributed by atoms with Crippen molar-refractivity contribution in [2.75, 3.05) is 6.61 Å². The Morgan fingerprint density at radius 3 is 1.97 bits per heavy atom.